The third-order valence-electron chi connectivity index (χ3n) is 4.15. The Kier molecular flexibility index (Phi) is 5.11. The first-order valence-electron chi connectivity index (χ1n) is 8.32. The van der Waals surface area contributed by atoms with Crippen molar-refractivity contribution < 1.29 is 18.0 Å². The topological polar surface area (TPSA) is 58.1 Å². The van der Waals surface area contributed by atoms with Crippen LogP contribution in [0.5, 0.6) is 0 Å². The molecule has 1 aromatic heterocycles. The van der Waals surface area contributed by atoms with Crippen LogP contribution in [0.15, 0.2) is 36.5 Å². The summed E-state index contributed by atoms with van der Waals surface area (Å²) < 4.78 is 37.0. The number of hydrogen-bond donors (Lipinski definition) is 1. The summed E-state index contributed by atoms with van der Waals surface area (Å²) in [6.45, 7) is 2.42. The van der Waals surface area contributed by atoms with Gasteiger partial charge in [-0.1, -0.05) is 12.1 Å². The molecule has 3 rings (SSSR count). The standard InChI is InChI=1S/C18H19F3N4O/c1-12-3-2-4-15(9-12)25-11-14(10-16(25)26)24-17-22-8-6-13(23-17)5-7-18(19,20)21/h2-4,6,8-9,14H,5,7,10-11H2,1H3,(H,22,23,24)/t14-/m1/s1. The molecule has 1 aliphatic rings. The van der Waals surface area contributed by atoms with Gasteiger partial charge in [0.15, 0.2) is 0 Å². The number of carbonyl (C=O) groups excluding carboxylic acids is 1. The summed E-state index contributed by atoms with van der Waals surface area (Å²) in [7, 11) is 0. The molecule has 5 nitrogen and oxygen atoms in total. The minimum absolute atomic E-state index is 0.0127. The van der Waals surface area contributed by atoms with Crippen LogP contribution in [0.25, 0.3) is 0 Å². The molecular weight excluding hydrogens is 345 g/mol. The Hall–Kier alpha value is -2.64. The molecule has 0 aliphatic carbocycles. The minimum Gasteiger partial charge on any atom is -0.349 e. The van der Waals surface area contributed by atoms with E-state index in [1.165, 1.54) is 12.3 Å². The molecule has 1 saturated heterocycles. The second-order valence-electron chi connectivity index (χ2n) is 6.38. The van der Waals surface area contributed by atoms with Gasteiger partial charge in [-0.15, -0.1) is 0 Å². The van der Waals surface area contributed by atoms with E-state index in [4.69, 9.17) is 0 Å². The second-order valence-corrected chi connectivity index (χ2v) is 6.38. The van der Waals surface area contributed by atoms with Crippen molar-refractivity contribution in [3.63, 3.8) is 0 Å². The lowest BCUT2D eigenvalue weighted by atomic mass is 10.2. The van der Waals surface area contributed by atoms with Gasteiger partial charge in [0.05, 0.1) is 6.04 Å². The van der Waals surface area contributed by atoms with Gasteiger partial charge < -0.3 is 10.2 Å². The number of rotatable bonds is 5. The summed E-state index contributed by atoms with van der Waals surface area (Å²) >= 11 is 0. The highest BCUT2D eigenvalue weighted by Gasteiger charge is 2.31. The molecule has 0 unspecified atom stereocenters. The predicted molar refractivity (Wildman–Crippen MR) is 92.0 cm³/mol. The average Bonchev–Trinajstić information content (AvgIpc) is 2.93. The van der Waals surface area contributed by atoms with Crippen LogP contribution in [-0.2, 0) is 11.2 Å². The van der Waals surface area contributed by atoms with Crippen molar-refractivity contribution in [3.05, 3.63) is 47.8 Å². The molecule has 1 N–H and O–H groups in total. The van der Waals surface area contributed by atoms with Crippen LogP contribution < -0.4 is 10.2 Å². The fourth-order valence-corrected chi connectivity index (χ4v) is 2.91. The quantitative estimate of drug-likeness (QED) is 0.882. The van der Waals surface area contributed by atoms with E-state index in [1.54, 1.807) is 4.90 Å². The summed E-state index contributed by atoms with van der Waals surface area (Å²) in [5.41, 5.74) is 2.21. The fraction of sp³-hybridized carbons (Fsp3) is 0.389. The van der Waals surface area contributed by atoms with Crippen molar-refractivity contribution >= 4 is 17.5 Å². The first kappa shape index (κ1) is 18.2. The molecular formula is C18H19F3N4O. The van der Waals surface area contributed by atoms with Gasteiger partial charge in [-0.25, -0.2) is 9.97 Å². The van der Waals surface area contributed by atoms with Crippen molar-refractivity contribution in [2.75, 3.05) is 16.8 Å². The Bertz CT molecular complexity index is 794. The Labute approximate surface area is 149 Å². The predicted octanol–water partition coefficient (Wildman–Crippen LogP) is 3.50. The van der Waals surface area contributed by atoms with Crippen LogP contribution in [0.2, 0.25) is 0 Å². The molecule has 138 valence electrons. The molecule has 1 atom stereocenters. The summed E-state index contributed by atoms with van der Waals surface area (Å²) in [6, 6.07) is 8.94. The summed E-state index contributed by atoms with van der Waals surface area (Å²) in [4.78, 5) is 22.2. The van der Waals surface area contributed by atoms with E-state index in [0.29, 0.717) is 12.2 Å². The molecule has 2 heterocycles. The van der Waals surface area contributed by atoms with Gasteiger partial charge in [0, 0.05) is 37.0 Å². The van der Waals surface area contributed by atoms with Crippen LogP contribution >= 0.6 is 0 Å². The maximum atomic E-state index is 12.3. The van der Waals surface area contributed by atoms with Crippen molar-refractivity contribution in [2.45, 2.75) is 38.4 Å². The highest BCUT2D eigenvalue weighted by Crippen LogP contribution is 2.24. The number of nitrogens with zero attached hydrogens (tertiary/aromatic N) is 3. The number of alkyl halides is 3. The number of carbonyl (C=O) groups is 1. The zero-order valence-electron chi connectivity index (χ0n) is 14.3. The lowest BCUT2D eigenvalue weighted by molar-refractivity contribution is -0.134. The van der Waals surface area contributed by atoms with Gasteiger partial charge in [0.1, 0.15) is 0 Å². The summed E-state index contributed by atoms with van der Waals surface area (Å²) in [6.07, 6.45) is -3.63. The number of amides is 1. The number of hydrogen-bond acceptors (Lipinski definition) is 4. The largest absolute Gasteiger partial charge is 0.389 e. The molecule has 1 fully saturated rings. The van der Waals surface area contributed by atoms with E-state index in [1.807, 2.05) is 31.2 Å². The van der Waals surface area contributed by atoms with E-state index in [-0.39, 0.29) is 30.7 Å². The number of nitrogens with one attached hydrogen (secondary N) is 1. The lowest BCUT2D eigenvalue weighted by Crippen LogP contribution is -2.28. The highest BCUT2D eigenvalue weighted by molar-refractivity contribution is 5.96. The molecule has 2 aromatic rings. The third kappa shape index (κ3) is 4.71. The SMILES string of the molecule is Cc1cccc(N2C[C@H](Nc3nccc(CCC(F)(F)F)n3)CC2=O)c1. The zero-order valence-corrected chi connectivity index (χ0v) is 14.3. The second kappa shape index (κ2) is 7.31. The maximum absolute atomic E-state index is 12.3. The average molecular weight is 364 g/mol. The first-order chi connectivity index (χ1) is 12.3. The zero-order chi connectivity index (χ0) is 18.7. The number of benzene rings is 1. The number of halogens is 3. The van der Waals surface area contributed by atoms with E-state index in [9.17, 15) is 18.0 Å². The van der Waals surface area contributed by atoms with E-state index in [2.05, 4.69) is 15.3 Å². The minimum atomic E-state index is -4.22. The molecule has 0 spiro atoms. The van der Waals surface area contributed by atoms with Crippen molar-refractivity contribution in [2.24, 2.45) is 0 Å². The van der Waals surface area contributed by atoms with Crippen molar-refractivity contribution in [1.29, 1.82) is 0 Å². The molecule has 1 aromatic carbocycles. The fourth-order valence-electron chi connectivity index (χ4n) is 2.91. The summed E-state index contributed by atoms with van der Waals surface area (Å²) in [5.74, 6) is 0.231. The molecule has 0 bridgehead atoms. The Morgan fingerprint density at radius 3 is 2.85 bits per heavy atom. The smallest absolute Gasteiger partial charge is 0.349 e. The van der Waals surface area contributed by atoms with Crippen molar-refractivity contribution in [1.82, 2.24) is 9.97 Å². The van der Waals surface area contributed by atoms with E-state index < -0.39 is 12.6 Å². The number of aromatic nitrogens is 2. The molecule has 26 heavy (non-hydrogen) atoms. The lowest BCUT2D eigenvalue weighted by Gasteiger charge is -2.18. The van der Waals surface area contributed by atoms with Crippen LogP contribution in [-0.4, -0.2) is 34.6 Å². The van der Waals surface area contributed by atoms with Crippen molar-refractivity contribution in [3.8, 4) is 0 Å². The number of aryl methyl sites for hydroxylation is 2. The van der Waals surface area contributed by atoms with Crippen LogP contribution in [0.3, 0.4) is 0 Å². The van der Waals surface area contributed by atoms with Gasteiger partial charge in [0.25, 0.3) is 0 Å². The number of anilines is 2. The van der Waals surface area contributed by atoms with Gasteiger partial charge in [-0.05, 0) is 37.1 Å². The molecule has 0 saturated carbocycles. The molecule has 0 radical (unpaired) electrons. The molecule has 8 heteroatoms. The monoisotopic (exact) mass is 364 g/mol. The van der Waals surface area contributed by atoms with Crippen LogP contribution in [0.1, 0.15) is 24.1 Å². The normalized spacial score (nSPS) is 17.6. The van der Waals surface area contributed by atoms with Crippen LogP contribution in [0.4, 0.5) is 24.8 Å². The first-order valence-corrected chi connectivity index (χ1v) is 8.32. The molecule has 1 amide bonds. The van der Waals surface area contributed by atoms with E-state index in [0.717, 1.165) is 11.3 Å². The molecule has 1 aliphatic heterocycles. The highest BCUT2D eigenvalue weighted by atomic mass is 19.4. The van der Waals surface area contributed by atoms with Gasteiger partial charge in [0.2, 0.25) is 11.9 Å². The van der Waals surface area contributed by atoms with Crippen LogP contribution in [0, 0.1) is 6.92 Å². The van der Waals surface area contributed by atoms with Gasteiger partial charge in [-0.2, -0.15) is 13.2 Å². The van der Waals surface area contributed by atoms with E-state index >= 15 is 0 Å². The summed E-state index contributed by atoms with van der Waals surface area (Å²) in [5, 5.41) is 3.06. The maximum Gasteiger partial charge on any atom is 0.389 e. The Balaban J connectivity index is 1.64. The van der Waals surface area contributed by atoms with Gasteiger partial charge >= 0.3 is 6.18 Å². The van der Waals surface area contributed by atoms with Gasteiger partial charge in [-0.3, -0.25) is 4.79 Å². The third-order valence-corrected chi connectivity index (χ3v) is 4.15. The Morgan fingerprint density at radius 1 is 1.31 bits per heavy atom. The Morgan fingerprint density at radius 2 is 2.12 bits per heavy atom.